The van der Waals surface area contributed by atoms with Crippen LogP contribution in [-0.2, 0) is 11.2 Å². The smallest absolute Gasteiger partial charge is 0.227 e. The summed E-state index contributed by atoms with van der Waals surface area (Å²) in [5.41, 5.74) is 3.11. The van der Waals surface area contributed by atoms with E-state index in [1.807, 2.05) is 12.1 Å². The van der Waals surface area contributed by atoms with E-state index in [9.17, 15) is 14.4 Å². The monoisotopic (exact) mass is 443 g/mol. The molecule has 8 nitrogen and oxygen atoms in total. The average Bonchev–Trinajstić information content (AvgIpc) is 3.61. The Hall–Kier alpha value is -3.93. The van der Waals surface area contributed by atoms with Crippen molar-refractivity contribution in [1.29, 1.82) is 5.26 Å². The first-order valence-electron chi connectivity index (χ1n) is 11.0. The Kier molecular flexibility index (Phi) is 5.65. The third kappa shape index (κ3) is 4.80. The van der Waals surface area contributed by atoms with Gasteiger partial charge in [0, 0.05) is 42.5 Å². The van der Waals surface area contributed by atoms with Crippen molar-refractivity contribution in [3.05, 3.63) is 54.1 Å². The van der Waals surface area contributed by atoms with Crippen LogP contribution in [0.4, 0.5) is 21.8 Å². The number of carbonyl (C=O) groups is 1. The van der Waals surface area contributed by atoms with Crippen LogP contribution in [0, 0.1) is 17.2 Å². The zero-order valence-electron chi connectivity index (χ0n) is 17.9. The molecule has 1 aliphatic carbocycles. The molecule has 1 saturated heterocycles. The number of nitrogens with zero attached hydrogens (tertiary/aromatic N) is 6. The summed E-state index contributed by atoms with van der Waals surface area (Å²) in [4.78, 5) is 31.3. The molecule has 1 aliphatic heterocycles. The van der Waals surface area contributed by atoms with Crippen molar-refractivity contribution >= 4 is 23.2 Å². The van der Waals surface area contributed by atoms with Gasteiger partial charge in [-0.15, -0.1) is 0 Å². The van der Waals surface area contributed by atoms with E-state index in [0.29, 0.717) is 53.7 Å². The molecule has 0 unspecified atom stereocenters. The molecular weight excluding hydrogens is 421 g/mol. The fraction of sp³-hybridized carbons (Fsp3) is 0.333. The SMILES string of the molecule is N#Cc1cc(-c2ccnc(Nc3ccc(CC(=O)C4CC4)nc3)n2)cnc1N1CC[C@H](F)C1. The normalized spacial score (nSPS) is 17.6. The highest BCUT2D eigenvalue weighted by atomic mass is 19.1. The second-order valence-electron chi connectivity index (χ2n) is 8.38. The molecule has 0 amide bonds. The number of Topliss-reactive ketones (excluding diaryl/α,β-unsaturated/α-hetero) is 1. The third-order valence-electron chi connectivity index (χ3n) is 5.84. The number of nitriles is 1. The molecule has 0 spiro atoms. The van der Waals surface area contributed by atoms with E-state index in [1.54, 1.807) is 35.6 Å². The van der Waals surface area contributed by atoms with Gasteiger partial charge in [0.1, 0.15) is 23.8 Å². The van der Waals surface area contributed by atoms with Gasteiger partial charge in [-0.2, -0.15) is 5.26 Å². The summed E-state index contributed by atoms with van der Waals surface area (Å²) < 4.78 is 13.6. The lowest BCUT2D eigenvalue weighted by Crippen LogP contribution is -2.22. The molecule has 0 aromatic carbocycles. The van der Waals surface area contributed by atoms with Crippen LogP contribution in [0.25, 0.3) is 11.3 Å². The first-order chi connectivity index (χ1) is 16.1. The predicted octanol–water partition coefficient (Wildman–Crippen LogP) is 3.62. The molecule has 9 heteroatoms. The van der Waals surface area contributed by atoms with Crippen LogP contribution in [-0.4, -0.2) is 45.0 Å². The van der Waals surface area contributed by atoms with Gasteiger partial charge in [0.05, 0.1) is 29.7 Å². The molecule has 33 heavy (non-hydrogen) atoms. The van der Waals surface area contributed by atoms with Crippen molar-refractivity contribution < 1.29 is 9.18 Å². The first-order valence-corrected chi connectivity index (χ1v) is 11.0. The number of pyridine rings is 2. The highest BCUT2D eigenvalue weighted by molar-refractivity contribution is 5.84. The third-order valence-corrected chi connectivity index (χ3v) is 5.84. The van der Waals surface area contributed by atoms with Gasteiger partial charge in [-0.1, -0.05) is 0 Å². The highest BCUT2D eigenvalue weighted by Gasteiger charge is 2.29. The number of hydrogen-bond acceptors (Lipinski definition) is 8. The fourth-order valence-corrected chi connectivity index (χ4v) is 3.88. The fourth-order valence-electron chi connectivity index (χ4n) is 3.88. The summed E-state index contributed by atoms with van der Waals surface area (Å²) in [5, 5.41) is 12.7. The quantitative estimate of drug-likeness (QED) is 0.590. The van der Waals surface area contributed by atoms with E-state index in [2.05, 4.69) is 31.3 Å². The van der Waals surface area contributed by atoms with Gasteiger partial charge < -0.3 is 10.2 Å². The van der Waals surface area contributed by atoms with Crippen molar-refractivity contribution in [2.24, 2.45) is 5.92 Å². The Bertz CT molecular complexity index is 1220. The van der Waals surface area contributed by atoms with E-state index in [0.717, 1.165) is 18.5 Å². The van der Waals surface area contributed by atoms with E-state index in [-0.39, 0.29) is 18.2 Å². The number of carbonyl (C=O) groups excluding carboxylic acids is 1. The average molecular weight is 443 g/mol. The van der Waals surface area contributed by atoms with Gasteiger partial charge in [0.15, 0.2) is 0 Å². The lowest BCUT2D eigenvalue weighted by molar-refractivity contribution is -0.119. The highest BCUT2D eigenvalue weighted by Crippen LogP contribution is 2.31. The molecule has 2 aliphatic rings. The van der Waals surface area contributed by atoms with Crippen LogP contribution in [0.15, 0.2) is 42.9 Å². The number of ketones is 1. The van der Waals surface area contributed by atoms with Crippen LogP contribution < -0.4 is 10.2 Å². The minimum absolute atomic E-state index is 0.224. The second kappa shape index (κ2) is 8.90. The maximum atomic E-state index is 13.6. The summed E-state index contributed by atoms with van der Waals surface area (Å²) >= 11 is 0. The largest absolute Gasteiger partial charge is 0.352 e. The molecule has 2 fully saturated rings. The first kappa shape index (κ1) is 20.9. The van der Waals surface area contributed by atoms with Crippen LogP contribution in [0.5, 0.6) is 0 Å². The second-order valence-corrected chi connectivity index (χ2v) is 8.38. The van der Waals surface area contributed by atoms with E-state index >= 15 is 0 Å². The van der Waals surface area contributed by atoms with Crippen LogP contribution in [0.2, 0.25) is 0 Å². The zero-order chi connectivity index (χ0) is 22.8. The Morgan fingerprint density at radius 1 is 1.18 bits per heavy atom. The number of alkyl halides is 1. The molecule has 3 aromatic rings. The Balaban J connectivity index is 1.31. The summed E-state index contributed by atoms with van der Waals surface area (Å²) in [6.45, 7) is 0.801. The number of nitrogens with one attached hydrogen (secondary N) is 1. The standard InChI is InChI=1S/C24H22FN7O/c25-18-6-8-32(14-18)23-16(11-26)9-17(12-29-23)21-5-7-27-24(31-21)30-20-4-3-19(28-13-20)10-22(33)15-1-2-15/h3-5,7,9,12-13,15,18H,1-2,6,8,10,14H2,(H,27,30,31)/t18-/m0/s1. The summed E-state index contributed by atoms with van der Waals surface area (Å²) in [7, 11) is 0. The van der Waals surface area contributed by atoms with Crippen molar-refractivity contribution in [3.8, 4) is 17.3 Å². The zero-order valence-corrected chi connectivity index (χ0v) is 17.9. The van der Waals surface area contributed by atoms with Crippen molar-refractivity contribution in [2.45, 2.75) is 31.9 Å². The van der Waals surface area contributed by atoms with Crippen LogP contribution in [0.3, 0.4) is 0 Å². The maximum absolute atomic E-state index is 13.6. The molecule has 3 aromatic heterocycles. The molecular formula is C24H22FN7O. The van der Waals surface area contributed by atoms with Crippen LogP contribution >= 0.6 is 0 Å². The Morgan fingerprint density at radius 2 is 2.06 bits per heavy atom. The topological polar surface area (TPSA) is 108 Å². The van der Waals surface area contributed by atoms with Gasteiger partial charge in [-0.25, -0.2) is 19.3 Å². The Morgan fingerprint density at radius 3 is 2.76 bits per heavy atom. The summed E-state index contributed by atoms with van der Waals surface area (Å²) in [6, 6.07) is 9.29. The molecule has 4 heterocycles. The van der Waals surface area contributed by atoms with Gasteiger partial charge in [0.2, 0.25) is 5.95 Å². The van der Waals surface area contributed by atoms with Crippen molar-refractivity contribution in [1.82, 2.24) is 19.9 Å². The van der Waals surface area contributed by atoms with Crippen molar-refractivity contribution in [2.75, 3.05) is 23.3 Å². The molecule has 0 bridgehead atoms. The number of hydrogen-bond donors (Lipinski definition) is 1. The number of anilines is 3. The van der Waals surface area contributed by atoms with E-state index < -0.39 is 6.17 Å². The minimum Gasteiger partial charge on any atom is -0.352 e. The Labute approximate surface area is 190 Å². The van der Waals surface area contributed by atoms with Crippen LogP contribution in [0.1, 0.15) is 30.5 Å². The lowest BCUT2D eigenvalue weighted by atomic mass is 10.1. The van der Waals surface area contributed by atoms with Crippen molar-refractivity contribution in [3.63, 3.8) is 0 Å². The van der Waals surface area contributed by atoms with Gasteiger partial charge in [0.25, 0.3) is 0 Å². The number of rotatable bonds is 7. The minimum atomic E-state index is -0.893. The summed E-state index contributed by atoms with van der Waals surface area (Å²) in [5.74, 6) is 1.35. The van der Waals surface area contributed by atoms with E-state index in [4.69, 9.17) is 0 Å². The molecule has 166 valence electrons. The lowest BCUT2D eigenvalue weighted by Gasteiger charge is -2.18. The molecule has 1 N–H and O–H groups in total. The predicted molar refractivity (Wildman–Crippen MR) is 121 cm³/mol. The number of aromatic nitrogens is 4. The summed E-state index contributed by atoms with van der Waals surface area (Å²) in [6.07, 6.45) is 6.83. The van der Waals surface area contributed by atoms with Gasteiger partial charge in [-0.05, 0) is 43.5 Å². The molecule has 5 rings (SSSR count). The van der Waals surface area contributed by atoms with E-state index in [1.165, 1.54) is 0 Å². The van der Waals surface area contributed by atoms with Gasteiger partial charge in [-0.3, -0.25) is 9.78 Å². The molecule has 1 atom stereocenters. The number of halogens is 1. The van der Waals surface area contributed by atoms with Gasteiger partial charge >= 0.3 is 0 Å². The molecule has 1 saturated carbocycles. The molecule has 0 radical (unpaired) electrons. The maximum Gasteiger partial charge on any atom is 0.227 e.